The number of fused-ring (bicyclic) bond motifs is 14. The number of benzene rings is 17. The van der Waals surface area contributed by atoms with E-state index in [-0.39, 0.29) is 69.6 Å². The average Bonchev–Trinajstić information content (AvgIpc) is 1.53. The van der Waals surface area contributed by atoms with E-state index in [4.69, 9.17) is 55.7 Å². The highest BCUT2D eigenvalue weighted by Gasteiger charge is 2.53. The molecule has 0 N–H and O–H groups in total. The zero-order valence-electron chi connectivity index (χ0n) is 81.7. The smallest absolute Gasteiger partial charge is 0.399 e. The van der Waals surface area contributed by atoms with E-state index < -0.39 is 18.3 Å². The standard InChI is InChI=1S/C72H54N2O4.C30H34BNO4.C24H12Cl4/c1-35(2)47-11-9-12-48(36(3)4)67(47)73-69(75)55-23-19-51-59-31-43-27-39-15-17-41-29-45-33-61-53-21-25-57-66-58(72(78)74(71(57)77)68-49(37(5)6)13-10-14-50(68)38(7)8)26-22-54(64(53)66)62(61)34-46(45)30-42(41)18-16-40(39)28-44(43)32-60(59)52-20-24-56(70(73)76)65(55)63(51)52;1-17(2)19-11-9-12-20(18(3)4)26(19)32-27(33)22-14-10-13-21-24(16-15-23(25(21)22)28(32)34)31-35-29(5,6)30(7,8)36-31;25-21-9-17-5-13-1-2-14-6-18-10-22(26)24(28)12-20(18)8-16(14)4-3-15(13)7-19(17)11-23(21)27/h9-38H,1-8H3;9-18H,1-8H3;1-12H/b;;2-1-,4-3+,13-1?,14-2?,15-3?,16-4?. The van der Waals surface area contributed by atoms with Crippen LogP contribution in [0.2, 0.25) is 20.1 Å². The first-order valence-corrected chi connectivity index (χ1v) is 50.5. The van der Waals surface area contributed by atoms with E-state index in [1.807, 2.05) is 161 Å². The molecule has 142 heavy (non-hydrogen) atoms. The van der Waals surface area contributed by atoms with Crippen LogP contribution in [-0.2, 0) is 9.31 Å². The van der Waals surface area contributed by atoms with Crippen molar-refractivity contribution in [3.63, 3.8) is 0 Å². The fourth-order valence-corrected chi connectivity index (χ4v) is 23.4. The maximum atomic E-state index is 14.8. The predicted octanol–water partition coefficient (Wildman–Crippen LogP) is 32.8. The minimum Gasteiger partial charge on any atom is -0.399 e. The van der Waals surface area contributed by atoms with Gasteiger partial charge in [0.15, 0.2) is 0 Å². The van der Waals surface area contributed by atoms with Gasteiger partial charge in [-0.2, -0.15) is 0 Å². The SMILES string of the molecule is CC(C)c1cccc(C(C)C)c1-n1c(=O)c2ccc3c4cc5cc6ccc7cc8cc9c(cc8cc7ccc6cc5cc4c4ccc(c1=O)c2c34)c1ccc2c(=O)n(-c3c(C(C)C)cccc3C(C)C)c(=O)c3ccc9c1c32.CC(C)c1cccc(C(C)C)c1N1C(=O)c2cccc3c(B4OC(C)(C)C(C)(C)O4)ccc(c23)C1=O.Clc1cc2cc3c(cc2cc1Cl)/C=C/c1cc2cc(Cl)c(Cl)cc2cc1/C=C\3. The number of rotatable bonds is 10. The third-order valence-corrected chi connectivity index (χ3v) is 32.1. The molecule has 2 amide bonds. The summed E-state index contributed by atoms with van der Waals surface area (Å²) in [5, 5.41) is 31.0. The number of imide groups is 1. The molecule has 11 nitrogen and oxygen atoms in total. The lowest BCUT2D eigenvalue weighted by molar-refractivity contribution is 0.00578. The molecule has 20 aromatic carbocycles. The van der Waals surface area contributed by atoms with E-state index in [1.54, 1.807) is 0 Å². The molecule has 25 rings (SSSR count). The van der Waals surface area contributed by atoms with Crippen LogP contribution in [0.15, 0.2) is 274 Å². The second-order valence-electron chi connectivity index (χ2n) is 41.8. The zero-order valence-corrected chi connectivity index (χ0v) is 84.7. The lowest BCUT2D eigenvalue weighted by Crippen LogP contribution is -2.43. The van der Waals surface area contributed by atoms with Crippen molar-refractivity contribution in [3.05, 3.63) is 383 Å². The van der Waals surface area contributed by atoms with Crippen LogP contribution in [0.4, 0.5) is 5.69 Å². The lowest BCUT2D eigenvalue weighted by atomic mass is 9.74. The highest BCUT2D eigenvalue weighted by Crippen LogP contribution is 2.50. The molecule has 22 aromatic rings. The van der Waals surface area contributed by atoms with Crippen LogP contribution in [-0.4, -0.2) is 39.3 Å². The molecule has 0 atom stereocenters. The quantitative estimate of drug-likeness (QED) is 0.0976. The van der Waals surface area contributed by atoms with Gasteiger partial charge in [-0.1, -0.05) is 275 Å². The van der Waals surface area contributed by atoms with Crippen molar-refractivity contribution in [1.29, 1.82) is 0 Å². The number of nitrogens with zero attached hydrogens (tertiary/aromatic N) is 3. The molecule has 4 heterocycles. The third-order valence-electron chi connectivity index (χ3n) is 30.7. The molecule has 0 saturated carbocycles. The molecule has 1 fully saturated rings. The molecule has 1 saturated heterocycles. The maximum Gasteiger partial charge on any atom is 0.495 e. The van der Waals surface area contributed by atoms with E-state index in [2.05, 4.69) is 229 Å². The molecule has 2 aromatic heterocycles. The van der Waals surface area contributed by atoms with Crippen molar-refractivity contribution in [2.75, 3.05) is 4.90 Å². The topological polar surface area (TPSA) is 134 Å². The highest BCUT2D eigenvalue weighted by atomic mass is 35.5. The number of carbonyl (C=O) groups excluding carboxylic acids is 2. The summed E-state index contributed by atoms with van der Waals surface area (Å²) in [5.74, 6) is 0.203. The number of halogens is 4. The fourth-order valence-electron chi connectivity index (χ4n) is 22.7. The Bertz CT molecular complexity index is 8760. The van der Waals surface area contributed by atoms with Crippen molar-refractivity contribution in [2.45, 2.75) is 157 Å². The Labute approximate surface area is 840 Å². The molecule has 2 aliphatic heterocycles. The van der Waals surface area contributed by atoms with E-state index >= 15 is 0 Å². The van der Waals surface area contributed by atoms with Crippen LogP contribution in [0, 0.1) is 0 Å². The molecule has 698 valence electrons. The summed E-state index contributed by atoms with van der Waals surface area (Å²) in [4.78, 5) is 88.5. The number of para-hydroxylation sites is 3. The van der Waals surface area contributed by atoms with Crippen molar-refractivity contribution in [3.8, 4) is 11.4 Å². The summed E-state index contributed by atoms with van der Waals surface area (Å²) in [6, 6.07) is 86.9. The number of amides is 2. The summed E-state index contributed by atoms with van der Waals surface area (Å²) in [6.07, 6.45) is 8.51. The van der Waals surface area contributed by atoms with Crippen LogP contribution in [0.3, 0.4) is 0 Å². The first kappa shape index (κ1) is 91.8. The fraction of sp³-hybridized carbons (Fsp3) is 0.190. The predicted molar refractivity (Wildman–Crippen MR) is 601 cm³/mol. The molecule has 0 bridgehead atoms. The Morgan fingerprint density at radius 3 is 0.789 bits per heavy atom. The second kappa shape index (κ2) is 33.9. The third kappa shape index (κ3) is 14.4. The number of hydrogen-bond acceptors (Lipinski definition) is 8. The Kier molecular flexibility index (Phi) is 21.9. The minimum atomic E-state index is -0.586. The Hall–Kier alpha value is -13.9. The van der Waals surface area contributed by atoms with E-state index in [0.717, 1.165) is 213 Å². The molecular formula is C126H100BCl4N3O8. The van der Waals surface area contributed by atoms with Crippen molar-refractivity contribution in [1.82, 2.24) is 9.13 Å². The van der Waals surface area contributed by atoms with Crippen LogP contribution >= 0.6 is 46.4 Å². The van der Waals surface area contributed by atoms with E-state index in [9.17, 15) is 28.8 Å². The maximum absolute atomic E-state index is 14.8. The molecule has 0 unspecified atom stereocenters. The zero-order chi connectivity index (χ0) is 99.0. The average molecular weight is 1940 g/mol. The largest absolute Gasteiger partial charge is 0.495 e. The van der Waals surface area contributed by atoms with Gasteiger partial charge in [-0.3, -0.25) is 28.8 Å². The summed E-state index contributed by atoms with van der Waals surface area (Å²) in [6.45, 7) is 33.3. The van der Waals surface area contributed by atoms with Crippen LogP contribution in [0.1, 0.15) is 223 Å². The Balaban J connectivity index is 0.000000143. The van der Waals surface area contributed by atoms with Gasteiger partial charge >= 0.3 is 7.12 Å². The summed E-state index contributed by atoms with van der Waals surface area (Å²) < 4.78 is 15.5. The molecule has 0 radical (unpaired) electrons. The first-order chi connectivity index (χ1) is 68.0. The van der Waals surface area contributed by atoms with Gasteiger partial charge in [0.1, 0.15) is 0 Å². The first-order valence-electron chi connectivity index (χ1n) is 49.0. The van der Waals surface area contributed by atoms with Crippen molar-refractivity contribution >= 4 is 262 Å². The minimum absolute atomic E-state index is 0.119. The number of carbonyl (C=O) groups is 2. The monoisotopic (exact) mass is 1930 g/mol. The van der Waals surface area contributed by atoms with Crippen LogP contribution in [0.5, 0.6) is 0 Å². The molecule has 16 heteroatoms. The second-order valence-corrected chi connectivity index (χ2v) is 43.4. The number of anilines is 1. The molecule has 3 aliphatic rings. The van der Waals surface area contributed by atoms with Crippen LogP contribution < -0.4 is 32.6 Å². The van der Waals surface area contributed by atoms with Gasteiger partial charge in [-0.05, 0) is 382 Å². The molecule has 1 aliphatic carbocycles. The van der Waals surface area contributed by atoms with E-state index in [1.165, 1.54) is 14.0 Å². The summed E-state index contributed by atoms with van der Waals surface area (Å²) in [7, 11) is -0.586. The normalized spacial score (nSPS) is 14.7. The van der Waals surface area contributed by atoms with Crippen LogP contribution in [0.25, 0.3) is 197 Å². The van der Waals surface area contributed by atoms with Crippen molar-refractivity contribution in [2.24, 2.45) is 0 Å². The van der Waals surface area contributed by atoms with E-state index in [0.29, 0.717) is 58.1 Å². The Morgan fingerprint density at radius 1 is 0.246 bits per heavy atom. The highest BCUT2D eigenvalue weighted by molar-refractivity contribution is 6.65. The summed E-state index contributed by atoms with van der Waals surface area (Å²) >= 11 is 24.8. The van der Waals surface area contributed by atoms with Gasteiger partial charge < -0.3 is 9.31 Å². The lowest BCUT2D eigenvalue weighted by Gasteiger charge is -2.32. The number of pyridine rings is 2. The molecular weight excluding hydrogens is 1840 g/mol. The van der Waals surface area contributed by atoms with Gasteiger partial charge in [0, 0.05) is 48.8 Å². The van der Waals surface area contributed by atoms with Gasteiger partial charge in [-0.25, -0.2) is 14.0 Å². The summed E-state index contributed by atoms with van der Waals surface area (Å²) in [5.41, 5.74) is 12.4. The number of hydrogen-bond donors (Lipinski definition) is 0. The van der Waals surface area contributed by atoms with Gasteiger partial charge in [0.2, 0.25) is 0 Å². The molecule has 0 spiro atoms. The van der Waals surface area contributed by atoms with Crippen molar-refractivity contribution < 1.29 is 18.9 Å². The van der Waals surface area contributed by atoms with Gasteiger partial charge in [-0.15, -0.1) is 0 Å². The number of aromatic nitrogens is 2. The van der Waals surface area contributed by atoms with Gasteiger partial charge in [0.25, 0.3) is 34.1 Å². The Morgan fingerprint density at radius 2 is 0.500 bits per heavy atom. The van der Waals surface area contributed by atoms with Gasteiger partial charge in [0.05, 0.1) is 48.4 Å².